The van der Waals surface area contributed by atoms with E-state index in [9.17, 15) is 14.4 Å². The van der Waals surface area contributed by atoms with Gasteiger partial charge in [-0.2, -0.15) is 0 Å². The normalized spacial score (nSPS) is 20.4. The first-order chi connectivity index (χ1) is 22.6. The summed E-state index contributed by atoms with van der Waals surface area (Å²) in [7, 11) is 3.01. The van der Waals surface area contributed by atoms with Gasteiger partial charge in [-0.05, 0) is 61.2 Å². The van der Waals surface area contributed by atoms with Crippen molar-refractivity contribution in [1.29, 1.82) is 10.8 Å². The number of likely N-dealkylation sites (tertiary alicyclic amines) is 1. The zero-order valence-electron chi connectivity index (χ0n) is 26.6. The van der Waals surface area contributed by atoms with Gasteiger partial charge < -0.3 is 31.8 Å². The second kappa shape index (κ2) is 14.0. The van der Waals surface area contributed by atoms with Crippen molar-refractivity contribution in [2.75, 3.05) is 64.0 Å². The van der Waals surface area contributed by atoms with Gasteiger partial charge in [0, 0.05) is 63.8 Å². The lowest BCUT2D eigenvalue weighted by molar-refractivity contribution is -0.132. The highest BCUT2D eigenvalue weighted by Crippen LogP contribution is 2.42. The molecule has 5 rings (SSSR count). The number of nitrogens with one attached hydrogen (secondary N) is 3. The topological polar surface area (TPSA) is 207 Å². The number of ether oxygens (including phenoxy) is 1. The Morgan fingerprint density at radius 3 is 2.55 bits per heavy atom. The fourth-order valence-electron chi connectivity index (χ4n) is 6.28. The van der Waals surface area contributed by atoms with Crippen LogP contribution in [0.3, 0.4) is 0 Å². The zero-order valence-corrected chi connectivity index (χ0v) is 26.6. The lowest BCUT2D eigenvalue weighted by atomic mass is 9.85. The highest BCUT2D eigenvalue weighted by atomic mass is 16.6. The summed E-state index contributed by atoms with van der Waals surface area (Å²) in [5.74, 6) is 0.228. The van der Waals surface area contributed by atoms with Crippen molar-refractivity contribution < 1.29 is 19.1 Å². The number of anilines is 2. The van der Waals surface area contributed by atoms with Gasteiger partial charge in [0.15, 0.2) is 0 Å². The summed E-state index contributed by atoms with van der Waals surface area (Å²) >= 11 is 0. The Kier molecular flexibility index (Phi) is 9.80. The number of pyridine rings is 1. The number of amides is 3. The van der Waals surface area contributed by atoms with Gasteiger partial charge in [-0.1, -0.05) is 18.2 Å². The molecule has 14 heteroatoms. The predicted octanol–water partition coefficient (Wildman–Crippen LogP) is 2.11. The number of hydrogen-bond acceptors (Lipinski definition) is 11. The van der Waals surface area contributed by atoms with Crippen molar-refractivity contribution in [2.24, 2.45) is 16.1 Å². The first-order valence-corrected chi connectivity index (χ1v) is 15.4. The molecule has 3 aliphatic heterocycles. The Morgan fingerprint density at radius 1 is 1.15 bits per heavy atom. The van der Waals surface area contributed by atoms with Crippen LogP contribution in [0.25, 0.3) is 11.3 Å². The highest BCUT2D eigenvalue weighted by molar-refractivity contribution is 6.10. The molecule has 1 aromatic heterocycles. The molecule has 0 radical (unpaired) electrons. The fraction of sp³-hybridized carbons (Fsp3) is 0.364. The Morgan fingerprint density at radius 2 is 1.89 bits per heavy atom. The van der Waals surface area contributed by atoms with Crippen molar-refractivity contribution in [2.45, 2.75) is 19.3 Å². The molecule has 4 heterocycles. The van der Waals surface area contributed by atoms with Crippen LogP contribution in [0.1, 0.15) is 36.1 Å². The lowest BCUT2D eigenvalue weighted by Crippen LogP contribution is -2.43. The summed E-state index contributed by atoms with van der Waals surface area (Å²) < 4.78 is 4.89. The van der Waals surface area contributed by atoms with Gasteiger partial charge in [-0.25, -0.2) is 9.78 Å². The largest absolute Gasteiger partial charge is 0.413 e. The van der Waals surface area contributed by atoms with Crippen molar-refractivity contribution in [3.05, 3.63) is 64.9 Å². The molecule has 1 aromatic carbocycles. The van der Waals surface area contributed by atoms with Crippen LogP contribution in [0.15, 0.2) is 53.0 Å². The van der Waals surface area contributed by atoms with E-state index in [-0.39, 0.29) is 30.0 Å². The second-order valence-corrected chi connectivity index (χ2v) is 11.8. The first kappa shape index (κ1) is 33.0. The third kappa shape index (κ3) is 6.92. The molecule has 7 N–H and O–H groups in total. The molecule has 47 heavy (non-hydrogen) atoms. The average molecular weight is 641 g/mol. The predicted molar refractivity (Wildman–Crippen MR) is 181 cm³/mol. The first-order valence-electron chi connectivity index (χ1n) is 15.4. The Balaban J connectivity index is 1.18. The smallest absolute Gasteiger partial charge is 0.397 e. The Labute approximate surface area is 273 Å². The van der Waals surface area contributed by atoms with Gasteiger partial charge in [-0.3, -0.25) is 29.8 Å². The molecule has 14 nitrogen and oxygen atoms in total. The number of carbonyl (C=O) groups is 3. The minimum Gasteiger partial charge on any atom is -0.397 e. The number of allylic oxidation sites excluding steroid dienone is 1. The van der Waals surface area contributed by atoms with Crippen LogP contribution in [-0.2, 0) is 14.3 Å². The van der Waals surface area contributed by atoms with Gasteiger partial charge in [0.1, 0.15) is 11.5 Å². The van der Waals surface area contributed by atoms with E-state index in [2.05, 4.69) is 20.2 Å². The van der Waals surface area contributed by atoms with Crippen molar-refractivity contribution in [3.63, 3.8) is 0 Å². The number of nitrogen functional groups attached to an aromatic ring is 1. The van der Waals surface area contributed by atoms with Crippen LogP contribution in [0, 0.1) is 16.2 Å². The van der Waals surface area contributed by atoms with Crippen LogP contribution in [-0.4, -0.2) is 104 Å². The summed E-state index contributed by atoms with van der Waals surface area (Å²) in [6.07, 6.45) is 5.91. The molecule has 2 aromatic rings. The van der Waals surface area contributed by atoms with E-state index in [1.165, 1.54) is 13.3 Å². The summed E-state index contributed by atoms with van der Waals surface area (Å²) in [6, 6.07) is 10.6. The average Bonchev–Trinajstić information content (AvgIpc) is 3.65. The number of carbonyl (C=O) groups excluding carboxylic acids is 3. The molecule has 3 amide bonds. The van der Waals surface area contributed by atoms with E-state index in [4.69, 9.17) is 27.0 Å². The van der Waals surface area contributed by atoms with E-state index < -0.39 is 11.5 Å². The molecule has 1 spiro atoms. The van der Waals surface area contributed by atoms with Crippen LogP contribution >= 0.6 is 0 Å². The third-order valence-electron chi connectivity index (χ3n) is 8.96. The van der Waals surface area contributed by atoms with Gasteiger partial charge in [0.25, 0.3) is 0 Å². The number of alkyl carbamates (subject to hydrolysis) is 1. The number of aromatic nitrogens is 1. The molecule has 1 atom stereocenters. The minimum atomic E-state index is -0.693. The summed E-state index contributed by atoms with van der Waals surface area (Å²) in [5.41, 5.74) is 15.7. The molecular weight excluding hydrogens is 600 g/mol. The van der Waals surface area contributed by atoms with E-state index in [0.29, 0.717) is 80.3 Å². The van der Waals surface area contributed by atoms with E-state index in [1.807, 2.05) is 23.1 Å². The lowest BCUT2D eigenvalue weighted by Gasteiger charge is -2.29. The maximum atomic E-state index is 13.8. The van der Waals surface area contributed by atoms with Crippen LogP contribution in [0.2, 0.25) is 0 Å². The van der Waals surface area contributed by atoms with Gasteiger partial charge in [0.2, 0.25) is 17.7 Å². The maximum Gasteiger partial charge on any atom is 0.413 e. The van der Waals surface area contributed by atoms with E-state index >= 15 is 0 Å². The quantitative estimate of drug-likeness (QED) is 0.213. The van der Waals surface area contributed by atoms with Crippen molar-refractivity contribution in [3.8, 4) is 0 Å². The van der Waals surface area contributed by atoms with Crippen molar-refractivity contribution >= 4 is 59.0 Å². The van der Waals surface area contributed by atoms with Gasteiger partial charge in [0.05, 0.1) is 23.3 Å². The molecule has 0 saturated carbocycles. The fourth-order valence-corrected chi connectivity index (χ4v) is 6.28. The summed E-state index contributed by atoms with van der Waals surface area (Å²) in [5, 5.41) is 17.9. The number of aliphatic imine (C=N–C) groups is 1. The molecule has 0 aliphatic carbocycles. The Hall–Kier alpha value is -5.37. The third-order valence-corrected chi connectivity index (χ3v) is 8.96. The molecule has 0 bridgehead atoms. The number of rotatable bonds is 8. The van der Waals surface area contributed by atoms with Crippen LogP contribution < -0.4 is 21.7 Å². The SMILES string of the molecule is CN=CC(C=N)=C(N)c1nc(N2CC[C@]3(CCN(CC(=O)N4CC=C(c5ccc(C(=N)OC(=O)NC)cc5)CC4)C3)C2=O)ccc1N. The monoisotopic (exact) mass is 640 g/mol. The molecule has 246 valence electrons. The van der Waals surface area contributed by atoms with E-state index in [1.54, 1.807) is 36.2 Å². The van der Waals surface area contributed by atoms with Crippen LogP contribution in [0.5, 0.6) is 0 Å². The second-order valence-electron chi connectivity index (χ2n) is 11.8. The van der Waals surface area contributed by atoms with E-state index in [0.717, 1.165) is 17.4 Å². The molecule has 0 unspecified atom stereocenters. The molecule has 2 fully saturated rings. The standard InChI is InChI=1S/C33H40N10O4/c1-38-18-24(17-34)28(36)29-25(35)7-8-26(40-29)43-16-12-33(31(43)45)11-15-41(20-33)19-27(44)42-13-9-22(10-14-42)21-3-5-23(6-4-21)30(37)47-32(46)39-2/h3-9,17-18,34,37H,10-16,19-20,35-36H2,1-2H3,(H,39,46)/t33-/m0/s1. The number of hydrogen-bond donors (Lipinski definition) is 5. The minimum absolute atomic E-state index is 0.0208. The number of nitrogens with zero attached hydrogens (tertiary/aromatic N) is 5. The zero-order chi connectivity index (χ0) is 33.7. The van der Waals surface area contributed by atoms with Gasteiger partial charge in [-0.15, -0.1) is 0 Å². The number of nitrogens with two attached hydrogens (primary N) is 2. The molecular formula is C33H40N10O4. The molecule has 2 saturated heterocycles. The Bertz CT molecular complexity index is 1680. The van der Waals surface area contributed by atoms with Crippen LogP contribution in [0.4, 0.5) is 16.3 Å². The number of benzene rings is 1. The maximum absolute atomic E-state index is 13.8. The summed E-state index contributed by atoms with van der Waals surface area (Å²) in [4.78, 5) is 52.6. The molecule has 3 aliphatic rings. The summed E-state index contributed by atoms with van der Waals surface area (Å²) in [6.45, 7) is 2.97. The van der Waals surface area contributed by atoms with Crippen molar-refractivity contribution in [1.82, 2.24) is 20.1 Å². The van der Waals surface area contributed by atoms with Gasteiger partial charge >= 0.3 is 6.09 Å². The highest BCUT2D eigenvalue weighted by Gasteiger charge is 2.51.